The van der Waals surface area contributed by atoms with Gasteiger partial charge in [-0.05, 0) is 46.5 Å². The van der Waals surface area contributed by atoms with E-state index in [1.807, 2.05) is 52.0 Å². The Kier molecular flexibility index (Phi) is 6.20. The van der Waals surface area contributed by atoms with Crippen LogP contribution in [0.2, 0.25) is 0 Å². The maximum absolute atomic E-state index is 14.0. The number of aliphatic hydroxyl groups is 1. The molecule has 5 atom stereocenters. The number of hydrogen-bond donors (Lipinski definition) is 1. The van der Waals surface area contributed by atoms with Crippen molar-refractivity contribution in [2.24, 2.45) is 11.8 Å². The summed E-state index contributed by atoms with van der Waals surface area (Å²) >= 11 is 0. The first-order chi connectivity index (χ1) is 15.6. The van der Waals surface area contributed by atoms with E-state index >= 15 is 0 Å². The SMILES string of the molecule is CC[C@@]12/C=C\CCCOC(=O)[C@@H]1[C@H]1C(=O)N(CCCO)C3C(=O)N(C(C)(C)C)CC=C[C@@]31O2. The summed E-state index contributed by atoms with van der Waals surface area (Å²) in [5.41, 5.74) is -2.76. The summed E-state index contributed by atoms with van der Waals surface area (Å²) in [6.45, 7) is 8.62. The number of amides is 2. The molecular weight excluding hydrogens is 424 g/mol. The van der Waals surface area contributed by atoms with E-state index in [2.05, 4.69) is 0 Å². The number of hydrogen-bond acceptors (Lipinski definition) is 6. The maximum Gasteiger partial charge on any atom is 0.313 e. The van der Waals surface area contributed by atoms with E-state index in [0.29, 0.717) is 25.8 Å². The van der Waals surface area contributed by atoms with Gasteiger partial charge in [-0.2, -0.15) is 0 Å². The second kappa shape index (κ2) is 8.55. The Bertz CT molecular complexity index is 877. The number of carbonyl (C=O) groups is 3. The summed E-state index contributed by atoms with van der Waals surface area (Å²) in [7, 11) is 0. The molecule has 0 aromatic rings. The van der Waals surface area contributed by atoms with Crippen molar-refractivity contribution in [1.82, 2.24) is 9.80 Å². The van der Waals surface area contributed by atoms with Crippen LogP contribution in [0.5, 0.6) is 0 Å². The van der Waals surface area contributed by atoms with Gasteiger partial charge in [0.15, 0.2) is 0 Å². The van der Waals surface area contributed by atoms with Crippen LogP contribution in [-0.2, 0) is 23.9 Å². The highest BCUT2D eigenvalue weighted by atomic mass is 16.6. The Morgan fingerprint density at radius 1 is 1.12 bits per heavy atom. The molecule has 1 N–H and O–H groups in total. The fraction of sp³-hybridized carbons (Fsp3) is 0.720. The molecule has 2 saturated heterocycles. The molecule has 4 aliphatic heterocycles. The number of rotatable bonds is 4. The van der Waals surface area contributed by atoms with E-state index in [-0.39, 0.29) is 31.6 Å². The zero-order valence-corrected chi connectivity index (χ0v) is 20.1. The minimum Gasteiger partial charge on any atom is -0.465 e. The van der Waals surface area contributed by atoms with E-state index in [4.69, 9.17) is 9.47 Å². The van der Waals surface area contributed by atoms with E-state index < -0.39 is 40.6 Å². The largest absolute Gasteiger partial charge is 0.465 e. The van der Waals surface area contributed by atoms with Crippen LogP contribution in [0.1, 0.15) is 53.4 Å². The Morgan fingerprint density at radius 2 is 1.88 bits per heavy atom. The van der Waals surface area contributed by atoms with Crippen LogP contribution < -0.4 is 0 Å². The van der Waals surface area contributed by atoms with Crippen molar-refractivity contribution < 1.29 is 29.0 Å². The number of esters is 1. The van der Waals surface area contributed by atoms with E-state index in [9.17, 15) is 19.5 Å². The van der Waals surface area contributed by atoms with Crippen LogP contribution in [0.4, 0.5) is 0 Å². The Morgan fingerprint density at radius 3 is 2.55 bits per heavy atom. The molecule has 4 aliphatic rings. The molecule has 0 radical (unpaired) electrons. The molecule has 0 bridgehead atoms. The van der Waals surface area contributed by atoms with Crippen molar-refractivity contribution in [3.05, 3.63) is 24.3 Å². The highest BCUT2D eigenvalue weighted by Crippen LogP contribution is 2.58. The third-order valence-electron chi connectivity index (χ3n) is 7.50. The maximum atomic E-state index is 14.0. The summed E-state index contributed by atoms with van der Waals surface area (Å²) in [6, 6.07) is -0.903. The van der Waals surface area contributed by atoms with Crippen LogP contribution >= 0.6 is 0 Å². The smallest absolute Gasteiger partial charge is 0.313 e. The molecule has 1 unspecified atom stereocenters. The number of carbonyl (C=O) groups excluding carboxylic acids is 3. The third kappa shape index (κ3) is 3.62. The second-order valence-corrected chi connectivity index (χ2v) is 10.5. The van der Waals surface area contributed by atoms with Gasteiger partial charge >= 0.3 is 5.97 Å². The Hall–Kier alpha value is -2.19. The summed E-state index contributed by atoms with van der Waals surface area (Å²) in [4.78, 5) is 44.6. The summed E-state index contributed by atoms with van der Waals surface area (Å²) < 4.78 is 12.4. The van der Waals surface area contributed by atoms with Crippen molar-refractivity contribution >= 4 is 17.8 Å². The lowest BCUT2D eigenvalue weighted by atomic mass is 9.73. The number of cyclic esters (lactones) is 1. The molecule has 8 nitrogen and oxygen atoms in total. The van der Waals surface area contributed by atoms with E-state index in [1.54, 1.807) is 4.90 Å². The zero-order valence-electron chi connectivity index (χ0n) is 20.1. The molecule has 4 heterocycles. The zero-order chi connectivity index (χ0) is 24.0. The highest BCUT2D eigenvalue weighted by Gasteiger charge is 2.75. The van der Waals surface area contributed by atoms with Gasteiger partial charge in [-0.25, -0.2) is 0 Å². The van der Waals surface area contributed by atoms with Gasteiger partial charge in [-0.15, -0.1) is 0 Å². The van der Waals surface area contributed by atoms with Crippen molar-refractivity contribution in [3.63, 3.8) is 0 Å². The van der Waals surface area contributed by atoms with E-state index in [0.717, 1.165) is 6.42 Å². The minimum absolute atomic E-state index is 0.102. The lowest BCUT2D eigenvalue weighted by Crippen LogP contribution is -2.59. The van der Waals surface area contributed by atoms with Gasteiger partial charge in [0, 0.05) is 25.2 Å². The van der Waals surface area contributed by atoms with Crippen molar-refractivity contribution in [2.45, 2.75) is 76.2 Å². The van der Waals surface area contributed by atoms with Crippen molar-refractivity contribution in [3.8, 4) is 0 Å². The second-order valence-electron chi connectivity index (χ2n) is 10.5. The predicted molar refractivity (Wildman–Crippen MR) is 121 cm³/mol. The number of aliphatic hydroxyl groups excluding tert-OH is 1. The quantitative estimate of drug-likeness (QED) is 0.508. The molecule has 4 rings (SSSR count). The van der Waals surface area contributed by atoms with Crippen LogP contribution in [0.25, 0.3) is 0 Å². The van der Waals surface area contributed by atoms with Gasteiger partial charge in [0.2, 0.25) is 11.8 Å². The molecule has 0 aromatic heterocycles. The third-order valence-corrected chi connectivity index (χ3v) is 7.50. The molecule has 33 heavy (non-hydrogen) atoms. The normalized spacial score (nSPS) is 37.5. The molecule has 0 aromatic carbocycles. The molecular formula is C25H36N2O6. The fourth-order valence-corrected chi connectivity index (χ4v) is 5.96. The van der Waals surface area contributed by atoms with Gasteiger partial charge < -0.3 is 24.4 Å². The number of fused-ring (bicyclic) bond motifs is 2. The van der Waals surface area contributed by atoms with Gasteiger partial charge in [-0.1, -0.05) is 31.2 Å². The molecule has 182 valence electrons. The average Bonchev–Trinajstić information content (AvgIpc) is 3.12. The number of ether oxygens (including phenoxy) is 2. The van der Waals surface area contributed by atoms with Crippen LogP contribution in [-0.4, -0.2) is 81.8 Å². The first kappa shape index (κ1) is 24.0. The van der Waals surface area contributed by atoms with Gasteiger partial charge in [-0.3, -0.25) is 14.4 Å². The average molecular weight is 461 g/mol. The number of likely N-dealkylation sites (tertiary alicyclic amines) is 1. The fourth-order valence-electron chi connectivity index (χ4n) is 5.96. The molecule has 1 spiro atoms. The molecule has 8 heteroatoms. The molecule has 0 aliphatic carbocycles. The lowest BCUT2D eigenvalue weighted by Gasteiger charge is -2.41. The van der Waals surface area contributed by atoms with Crippen LogP contribution in [0.3, 0.4) is 0 Å². The Labute approximate surface area is 195 Å². The highest BCUT2D eigenvalue weighted by molar-refractivity contribution is 5.99. The standard InChI is InChI=1S/C25H36N2O6/c1-5-24-11-7-6-8-16-32-22(31)18(24)17-20(29)26(13-10-15-28)19-21(30)27(23(2,3)4)14-9-12-25(17,19)33-24/h7,9,11-12,17-19,28H,5-6,8,10,13-16H2,1-4H3/b11-7-/t17-,18-,19?,24+,25-/m0/s1. The monoisotopic (exact) mass is 460 g/mol. The summed E-state index contributed by atoms with van der Waals surface area (Å²) in [5, 5.41) is 9.46. The van der Waals surface area contributed by atoms with Gasteiger partial charge in [0.25, 0.3) is 0 Å². The lowest BCUT2D eigenvalue weighted by molar-refractivity contribution is -0.162. The molecule has 2 amide bonds. The van der Waals surface area contributed by atoms with Crippen molar-refractivity contribution in [1.29, 1.82) is 0 Å². The minimum atomic E-state index is -1.27. The van der Waals surface area contributed by atoms with Crippen LogP contribution in [0.15, 0.2) is 24.3 Å². The van der Waals surface area contributed by atoms with Gasteiger partial charge in [0.05, 0.1) is 12.5 Å². The summed E-state index contributed by atoms with van der Waals surface area (Å²) in [6.07, 6.45) is 9.93. The predicted octanol–water partition coefficient (Wildman–Crippen LogP) is 1.82. The number of allylic oxidation sites excluding steroid dienone is 1. The molecule has 0 saturated carbocycles. The topological polar surface area (TPSA) is 96.4 Å². The van der Waals surface area contributed by atoms with Crippen LogP contribution in [0, 0.1) is 11.8 Å². The summed E-state index contributed by atoms with van der Waals surface area (Å²) in [5.74, 6) is -2.64. The molecule has 2 fully saturated rings. The van der Waals surface area contributed by atoms with Crippen molar-refractivity contribution in [2.75, 3.05) is 26.3 Å². The first-order valence-corrected chi connectivity index (χ1v) is 12.1. The van der Waals surface area contributed by atoms with Gasteiger partial charge in [0.1, 0.15) is 23.2 Å². The first-order valence-electron chi connectivity index (χ1n) is 12.1. The number of nitrogens with zero attached hydrogens (tertiary/aromatic N) is 2. The Balaban J connectivity index is 1.90. The van der Waals surface area contributed by atoms with E-state index in [1.165, 1.54) is 4.90 Å².